The van der Waals surface area contributed by atoms with Gasteiger partial charge in [-0.25, -0.2) is 0 Å². The molecule has 1 atom stereocenters. The molecule has 1 N–H and O–H groups in total. The number of aliphatic hydroxyl groups is 1. The highest BCUT2D eigenvalue weighted by atomic mass is 79.9. The Balaban J connectivity index is 2.40. The molecule has 0 amide bonds. The summed E-state index contributed by atoms with van der Waals surface area (Å²) in [4.78, 5) is 1.58. The maximum atomic E-state index is 13.0. The molecule has 1 aliphatic heterocycles. The van der Waals surface area contributed by atoms with Gasteiger partial charge in [0.05, 0.1) is 11.2 Å². The Bertz CT molecular complexity index is 459. The van der Waals surface area contributed by atoms with Gasteiger partial charge in [0.1, 0.15) is 0 Å². The summed E-state index contributed by atoms with van der Waals surface area (Å²) in [5, 5.41) is 9.84. The second-order valence-electron chi connectivity index (χ2n) is 4.83. The van der Waals surface area contributed by atoms with Crippen LogP contribution in [0.1, 0.15) is 18.9 Å². The summed E-state index contributed by atoms with van der Waals surface area (Å²) in [5.74, 6) is 0. The Morgan fingerprint density at radius 1 is 1.39 bits per heavy atom. The van der Waals surface area contributed by atoms with E-state index in [0.29, 0.717) is 17.4 Å². The van der Waals surface area contributed by atoms with E-state index in [1.807, 2.05) is 0 Å². The summed E-state index contributed by atoms with van der Waals surface area (Å²) in [6.07, 6.45) is -3.92. The van der Waals surface area contributed by atoms with Crippen LogP contribution >= 0.6 is 15.9 Å². The van der Waals surface area contributed by atoms with Gasteiger partial charge in [0.2, 0.25) is 0 Å². The molecule has 0 spiro atoms. The molecule has 0 aliphatic carbocycles. The molecule has 0 radical (unpaired) electrons. The van der Waals surface area contributed by atoms with Crippen molar-refractivity contribution in [3.63, 3.8) is 0 Å². The highest BCUT2D eigenvalue weighted by Crippen LogP contribution is 2.40. The Hall–Kier alpha value is -0.750. The summed E-state index contributed by atoms with van der Waals surface area (Å²) in [6.45, 7) is 2.29. The Morgan fingerprint density at radius 3 is 2.56 bits per heavy atom. The quantitative estimate of drug-likeness (QED) is 0.856. The molecule has 0 bridgehead atoms. The van der Waals surface area contributed by atoms with Crippen molar-refractivity contribution in [3.05, 3.63) is 28.2 Å². The standard InChI is InChI=1S/C12H13BrF3NO/c1-11(18)4-5-17(7-11)10-3-2-8(13)6-9(10)12(14,15)16/h2-3,6,18H,4-5,7H2,1H3. The number of alkyl halides is 3. The van der Waals surface area contributed by atoms with Crippen LogP contribution in [-0.2, 0) is 6.18 Å². The van der Waals surface area contributed by atoms with E-state index < -0.39 is 17.3 Å². The lowest BCUT2D eigenvalue weighted by Gasteiger charge is -2.24. The predicted octanol–water partition coefficient (Wildman–Crippen LogP) is 3.43. The summed E-state index contributed by atoms with van der Waals surface area (Å²) in [7, 11) is 0. The fourth-order valence-corrected chi connectivity index (χ4v) is 2.52. The predicted molar refractivity (Wildman–Crippen MR) is 66.6 cm³/mol. The van der Waals surface area contributed by atoms with Crippen LogP contribution in [0.25, 0.3) is 0 Å². The van der Waals surface area contributed by atoms with Gasteiger partial charge < -0.3 is 10.0 Å². The number of benzene rings is 1. The van der Waals surface area contributed by atoms with Crippen molar-refractivity contribution >= 4 is 21.6 Å². The molecule has 0 aromatic heterocycles. The molecule has 1 aromatic carbocycles. The zero-order valence-corrected chi connectivity index (χ0v) is 11.3. The summed E-state index contributed by atoms with van der Waals surface area (Å²) in [6, 6.07) is 4.09. The van der Waals surface area contributed by atoms with Gasteiger partial charge in [-0.15, -0.1) is 0 Å². The molecule has 1 unspecified atom stereocenters. The van der Waals surface area contributed by atoms with Gasteiger partial charge in [-0.05, 0) is 31.5 Å². The van der Waals surface area contributed by atoms with Crippen LogP contribution < -0.4 is 4.90 Å². The number of hydrogen-bond donors (Lipinski definition) is 1. The lowest BCUT2D eigenvalue weighted by Crippen LogP contribution is -2.30. The Labute approximate surface area is 112 Å². The molecule has 0 saturated carbocycles. The van der Waals surface area contributed by atoms with Crippen molar-refractivity contribution in [1.82, 2.24) is 0 Å². The monoisotopic (exact) mass is 323 g/mol. The number of rotatable bonds is 1. The van der Waals surface area contributed by atoms with Crippen molar-refractivity contribution in [2.24, 2.45) is 0 Å². The van der Waals surface area contributed by atoms with E-state index in [1.165, 1.54) is 6.07 Å². The third kappa shape index (κ3) is 2.80. The van der Waals surface area contributed by atoms with E-state index in [9.17, 15) is 18.3 Å². The fourth-order valence-electron chi connectivity index (χ4n) is 2.16. The summed E-state index contributed by atoms with van der Waals surface area (Å²) >= 11 is 3.05. The normalized spacial score (nSPS) is 24.7. The van der Waals surface area contributed by atoms with Gasteiger partial charge >= 0.3 is 6.18 Å². The van der Waals surface area contributed by atoms with Crippen LogP contribution in [0.5, 0.6) is 0 Å². The van der Waals surface area contributed by atoms with E-state index in [0.717, 1.165) is 6.07 Å². The van der Waals surface area contributed by atoms with Crippen LogP contribution in [0.3, 0.4) is 0 Å². The molecular weight excluding hydrogens is 311 g/mol. The second kappa shape index (κ2) is 4.42. The largest absolute Gasteiger partial charge is 0.418 e. The van der Waals surface area contributed by atoms with E-state index in [-0.39, 0.29) is 12.2 Å². The Morgan fingerprint density at radius 2 is 2.06 bits per heavy atom. The smallest absolute Gasteiger partial charge is 0.388 e. The minimum absolute atomic E-state index is 0.128. The molecule has 1 aromatic rings. The second-order valence-corrected chi connectivity index (χ2v) is 5.74. The minimum atomic E-state index is -4.40. The van der Waals surface area contributed by atoms with Gasteiger partial charge in [0.25, 0.3) is 0 Å². The average molecular weight is 324 g/mol. The molecule has 2 nitrogen and oxygen atoms in total. The maximum absolute atomic E-state index is 13.0. The van der Waals surface area contributed by atoms with Crippen LogP contribution in [-0.4, -0.2) is 23.8 Å². The van der Waals surface area contributed by atoms with Gasteiger partial charge in [0.15, 0.2) is 0 Å². The molecule has 100 valence electrons. The molecule has 1 aliphatic rings. The number of halogens is 4. The van der Waals surface area contributed by atoms with E-state index in [2.05, 4.69) is 15.9 Å². The average Bonchev–Trinajstić information content (AvgIpc) is 2.57. The molecule has 1 heterocycles. The first-order valence-corrected chi connectivity index (χ1v) is 6.32. The summed E-state index contributed by atoms with van der Waals surface area (Å²) < 4.78 is 39.3. The molecule has 6 heteroatoms. The van der Waals surface area contributed by atoms with E-state index >= 15 is 0 Å². The third-order valence-corrected chi connectivity index (χ3v) is 3.55. The van der Waals surface area contributed by atoms with Gasteiger partial charge in [-0.2, -0.15) is 13.2 Å². The first kappa shape index (κ1) is 13.7. The zero-order valence-electron chi connectivity index (χ0n) is 9.76. The molecule has 2 rings (SSSR count). The van der Waals surface area contributed by atoms with Crippen LogP contribution in [0, 0.1) is 0 Å². The van der Waals surface area contributed by atoms with Crippen molar-refractivity contribution < 1.29 is 18.3 Å². The van der Waals surface area contributed by atoms with E-state index in [1.54, 1.807) is 17.9 Å². The summed E-state index contributed by atoms with van der Waals surface area (Å²) in [5.41, 5.74) is -1.46. The van der Waals surface area contributed by atoms with Crippen LogP contribution in [0.2, 0.25) is 0 Å². The van der Waals surface area contributed by atoms with Crippen molar-refractivity contribution in [1.29, 1.82) is 0 Å². The highest BCUT2D eigenvalue weighted by molar-refractivity contribution is 9.10. The number of β-amino-alcohol motifs (C(OH)–C–C–N with tert-alkyl or cyclic N) is 1. The number of hydrogen-bond acceptors (Lipinski definition) is 2. The zero-order chi connectivity index (χ0) is 13.6. The minimum Gasteiger partial charge on any atom is -0.388 e. The third-order valence-electron chi connectivity index (χ3n) is 3.06. The molecule has 1 fully saturated rings. The Kier molecular flexibility index (Phi) is 3.36. The molecule has 18 heavy (non-hydrogen) atoms. The molecular formula is C12H13BrF3NO. The van der Waals surface area contributed by atoms with Gasteiger partial charge in [0, 0.05) is 23.2 Å². The van der Waals surface area contributed by atoms with E-state index in [4.69, 9.17) is 0 Å². The van der Waals surface area contributed by atoms with Crippen molar-refractivity contribution in [3.8, 4) is 0 Å². The SMILES string of the molecule is CC1(O)CCN(c2ccc(Br)cc2C(F)(F)F)C1. The fraction of sp³-hybridized carbons (Fsp3) is 0.500. The number of nitrogens with zero attached hydrogens (tertiary/aromatic N) is 1. The lowest BCUT2D eigenvalue weighted by molar-refractivity contribution is -0.137. The van der Waals surface area contributed by atoms with Crippen molar-refractivity contribution in [2.45, 2.75) is 25.1 Å². The maximum Gasteiger partial charge on any atom is 0.418 e. The lowest BCUT2D eigenvalue weighted by atomic mass is 10.1. The first-order chi connectivity index (χ1) is 8.19. The topological polar surface area (TPSA) is 23.5 Å². The van der Waals surface area contributed by atoms with Crippen molar-refractivity contribution in [2.75, 3.05) is 18.0 Å². The molecule has 1 saturated heterocycles. The van der Waals surface area contributed by atoms with Gasteiger partial charge in [-0.3, -0.25) is 0 Å². The highest BCUT2D eigenvalue weighted by Gasteiger charge is 2.38. The first-order valence-electron chi connectivity index (χ1n) is 5.53. The van der Waals surface area contributed by atoms with Crippen LogP contribution in [0.15, 0.2) is 22.7 Å². The number of anilines is 1. The van der Waals surface area contributed by atoms with Crippen LogP contribution in [0.4, 0.5) is 18.9 Å². The van der Waals surface area contributed by atoms with Gasteiger partial charge in [-0.1, -0.05) is 15.9 Å².